The van der Waals surface area contributed by atoms with Crippen LogP contribution in [-0.2, 0) is 13.2 Å². The first-order valence-corrected chi connectivity index (χ1v) is 8.35. The largest absolute Gasteiger partial charge is 0.488 e. The number of hydrogen-bond donors (Lipinski definition) is 1. The molecular weight excluding hydrogens is 353 g/mol. The first kappa shape index (κ1) is 16.5. The van der Waals surface area contributed by atoms with Crippen LogP contribution in [0.3, 0.4) is 0 Å². The van der Waals surface area contributed by atoms with Crippen molar-refractivity contribution in [2.75, 3.05) is 0 Å². The fraction of sp³-hybridized carbons (Fsp3) is 0.375. The average molecular weight is 372 g/mol. The first-order chi connectivity index (χ1) is 9.83. The fourth-order valence-corrected chi connectivity index (χ4v) is 2.79. The van der Waals surface area contributed by atoms with Crippen molar-refractivity contribution in [2.24, 2.45) is 0 Å². The van der Waals surface area contributed by atoms with Gasteiger partial charge in [0.15, 0.2) is 0 Å². The lowest BCUT2D eigenvalue weighted by Gasteiger charge is -2.19. The second kappa shape index (κ2) is 6.90. The van der Waals surface area contributed by atoms with E-state index in [1.807, 2.05) is 0 Å². The van der Waals surface area contributed by atoms with Gasteiger partial charge in [-0.3, -0.25) is 0 Å². The summed E-state index contributed by atoms with van der Waals surface area (Å²) in [6, 6.07) is 8.95. The van der Waals surface area contributed by atoms with Crippen molar-refractivity contribution >= 4 is 27.3 Å². The summed E-state index contributed by atoms with van der Waals surface area (Å²) in [5, 5.41) is 3.45. The molecule has 1 aromatic carbocycles. The van der Waals surface area contributed by atoms with Gasteiger partial charge in [0.25, 0.3) is 0 Å². The highest BCUT2D eigenvalue weighted by molar-refractivity contribution is 9.10. The summed E-state index contributed by atoms with van der Waals surface area (Å²) in [7, 11) is 0. The third-order valence-corrected chi connectivity index (χ3v) is 4.48. The molecule has 0 saturated carbocycles. The molecule has 0 unspecified atom stereocenters. The lowest BCUT2D eigenvalue weighted by molar-refractivity contribution is 0.308. The standard InChI is InChI=1S/C16H19BrFNOS/c1-16(2,3)19-9-12-5-6-13(21-12)10-20-11-4-7-14(17)15(18)8-11/h4-8,19H,9-10H2,1-3H3. The average Bonchev–Trinajstić information content (AvgIpc) is 2.85. The van der Waals surface area contributed by atoms with E-state index in [4.69, 9.17) is 4.74 Å². The van der Waals surface area contributed by atoms with E-state index < -0.39 is 0 Å². The summed E-state index contributed by atoms with van der Waals surface area (Å²) in [5.41, 5.74) is 0.107. The van der Waals surface area contributed by atoms with Gasteiger partial charge in [-0.25, -0.2) is 4.39 Å². The molecule has 0 atom stereocenters. The van der Waals surface area contributed by atoms with Gasteiger partial charge in [0.05, 0.1) is 4.47 Å². The smallest absolute Gasteiger partial charge is 0.141 e. The quantitative estimate of drug-likeness (QED) is 0.787. The number of benzene rings is 1. The van der Waals surface area contributed by atoms with Crippen LogP contribution in [0.25, 0.3) is 0 Å². The minimum atomic E-state index is -0.311. The zero-order valence-corrected chi connectivity index (χ0v) is 14.8. The Morgan fingerprint density at radius 3 is 2.57 bits per heavy atom. The molecule has 114 valence electrons. The highest BCUT2D eigenvalue weighted by Gasteiger charge is 2.09. The summed E-state index contributed by atoms with van der Waals surface area (Å²) in [4.78, 5) is 2.40. The molecule has 1 N–H and O–H groups in total. The molecule has 1 heterocycles. The molecule has 21 heavy (non-hydrogen) atoms. The SMILES string of the molecule is CC(C)(C)NCc1ccc(COc2ccc(Br)c(F)c2)s1. The number of ether oxygens (including phenoxy) is 1. The van der Waals surface area contributed by atoms with Gasteiger partial charge in [-0.1, -0.05) is 0 Å². The van der Waals surface area contributed by atoms with E-state index in [-0.39, 0.29) is 11.4 Å². The van der Waals surface area contributed by atoms with E-state index >= 15 is 0 Å². The first-order valence-electron chi connectivity index (χ1n) is 6.74. The third kappa shape index (κ3) is 5.41. The molecular formula is C16H19BrFNOS. The molecule has 5 heteroatoms. The highest BCUT2D eigenvalue weighted by Crippen LogP contribution is 2.23. The molecule has 0 fully saturated rings. The molecule has 2 aromatic rings. The predicted octanol–water partition coefficient (Wildman–Crippen LogP) is 5.12. The van der Waals surface area contributed by atoms with E-state index in [1.165, 1.54) is 10.9 Å². The molecule has 0 bridgehead atoms. The van der Waals surface area contributed by atoms with Gasteiger partial charge in [0.1, 0.15) is 18.2 Å². The van der Waals surface area contributed by atoms with Gasteiger partial charge in [-0.15, -0.1) is 11.3 Å². The van der Waals surface area contributed by atoms with Crippen LogP contribution in [0.15, 0.2) is 34.8 Å². The second-order valence-corrected chi connectivity index (χ2v) is 7.94. The maximum atomic E-state index is 13.4. The van der Waals surface area contributed by atoms with Crippen LogP contribution in [0.5, 0.6) is 5.75 Å². The molecule has 2 rings (SSSR count). The maximum absolute atomic E-state index is 13.4. The van der Waals surface area contributed by atoms with E-state index in [0.717, 1.165) is 11.4 Å². The van der Waals surface area contributed by atoms with Gasteiger partial charge in [-0.05, 0) is 61.0 Å². The lowest BCUT2D eigenvalue weighted by Crippen LogP contribution is -2.34. The number of halogens is 2. The molecule has 1 aromatic heterocycles. The van der Waals surface area contributed by atoms with Crippen molar-refractivity contribution in [3.63, 3.8) is 0 Å². The third-order valence-electron chi connectivity index (χ3n) is 2.78. The summed E-state index contributed by atoms with van der Waals surface area (Å²) in [6.45, 7) is 7.74. The molecule has 0 amide bonds. The van der Waals surface area contributed by atoms with Crippen LogP contribution >= 0.6 is 27.3 Å². The number of nitrogens with one attached hydrogen (secondary N) is 1. The van der Waals surface area contributed by atoms with Crippen LogP contribution in [0.2, 0.25) is 0 Å². The van der Waals surface area contributed by atoms with Crippen molar-refractivity contribution in [3.05, 3.63) is 50.4 Å². The molecule has 0 spiro atoms. The Balaban J connectivity index is 1.89. The van der Waals surface area contributed by atoms with Crippen LogP contribution in [0.4, 0.5) is 4.39 Å². The number of hydrogen-bond acceptors (Lipinski definition) is 3. The van der Waals surface area contributed by atoms with Crippen molar-refractivity contribution < 1.29 is 9.13 Å². The van der Waals surface area contributed by atoms with Crippen LogP contribution in [-0.4, -0.2) is 5.54 Å². The topological polar surface area (TPSA) is 21.3 Å². The molecule has 0 saturated heterocycles. The van der Waals surface area contributed by atoms with Gasteiger partial charge in [-0.2, -0.15) is 0 Å². The molecule has 0 radical (unpaired) electrons. The zero-order valence-electron chi connectivity index (χ0n) is 12.4. The van der Waals surface area contributed by atoms with Gasteiger partial charge in [0, 0.05) is 27.9 Å². The molecule has 0 aliphatic carbocycles. The minimum Gasteiger partial charge on any atom is -0.488 e. The van der Waals surface area contributed by atoms with E-state index in [1.54, 1.807) is 23.5 Å². The van der Waals surface area contributed by atoms with Gasteiger partial charge in [0.2, 0.25) is 0 Å². The van der Waals surface area contributed by atoms with Crippen molar-refractivity contribution in [2.45, 2.75) is 39.5 Å². The number of thiophene rings is 1. The Labute approximate surface area is 137 Å². The van der Waals surface area contributed by atoms with Crippen LogP contribution in [0.1, 0.15) is 30.5 Å². The van der Waals surface area contributed by atoms with Crippen molar-refractivity contribution in [3.8, 4) is 5.75 Å². The summed E-state index contributed by atoms with van der Waals surface area (Å²) >= 11 is 4.84. The summed E-state index contributed by atoms with van der Waals surface area (Å²) in [5.74, 6) is 0.229. The van der Waals surface area contributed by atoms with Gasteiger partial charge >= 0.3 is 0 Å². The maximum Gasteiger partial charge on any atom is 0.141 e. The number of rotatable bonds is 5. The van der Waals surface area contributed by atoms with Crippen LogP contribution < -0.4 is 10.1 Å². The fourth-order valence-electron chi connectivity index (χ4n) is 1.67. The molecule has 2 nitrogen and oxygen atoms in total. The normalized spacial score (nSPS) is 11.7. The highest BCUT2D eigenvalue weighted by atomic mass is 79.9. The Morgan fingerprint density at radius 1 is 1.19 bits per heavy atom. The van der Waals surface area contributed by atoms with Gasteiger partial charge < -0.3 is 10.1 Å². The van der Waals surface area contributed by atoms with Crippen molar-refractivity contribution in [1.29, 1.82) is 0 Å². The minimum absolute atomic E-state index is 0.107. The van der Waals surface area contributed by atoms with E-state index in [0.29, 0.717) is 16.8 Å². The molecule has 0 aliphatic rings. The predicted molar refractivity (Wildman–Crippen MR) is 89.3 cm³/mol. The summed E-state index contributed by atoms with van der Waals surface area (Å²) < 4.78 is 19.5. The monoisotopic (exact) mass is 371 g/mol. The lowest BCUT2D eigenvalue weighted by atomic mass is 10.1. The van der Waals surface area contributed by atoms with Crippen LogP contribution in [0, 0.1) is 5.82 Å². The Hall–Kier alpha value is -0.910. The van der Waals surface area contributed by atoms with E-state index in [9.17, 15) is 4.39 Å². The Morgan fingerprint density at radius 2 is 1.90 bits per heavy atom. The Bertz CT molecular complexity index is 607. The Kier molecular flexibility index (Phi) is 5.41. The second-order valence-electron chi connectivity index (χ2n) is 5.84. The van der Waals surface area contributed by atoms with E-state index in [2.05, 4.69) is 54.2 Å². The zero-order chi connectivity index (χ0) is 15.5. The van der Waals surface area contributed by atoms with Crippen molar-refractivity contribution in [1.82, 2.24) is 5.32 Å². The molecule has 0 aliphatic heterocycles. The summed E-state index contributed by atoms with van der Waals surface area (Å²) in [6.07, 6.45) is 0.